The van der Waals surface area contributed by atoms with Crippen molar-refractivity contribution in [2.75, 3.05) is 31.1 Å². The van der Waals surface area contributed by atoms with Crippen LogP contribution in [0.2, 0.25) is 0 Å². The smallest absolute Gasteiger partial charge is 0.227 e. The summed E-state index contributed by atoms with van der Waals surface area (Å²) in [6, 6.07) is 9.57. The van der Waals surface area contributed by atoms with Gasteiger partial charge in [-0.15, -0.1) is 0 Å². The SMILES string of the molecule is CC(C(=O)N1CCN(c2cnn(C)c2)CC1)C(N)c1ccccc1. The minimum Gasteiger partial charge on any atom is -0.365 e. The Morgan fingerprint density at radius 1 is 1.17 bits per heavy atom. The van der Waals surface area contributed by atoms with Gasteiger partial charge in [0.05, 0.1) is 17.8 Å². The molecule has 1 aromatic heterocycles. The van der Waals surface area contributed by atoms with Crippen molar-refractivity contribution in [1.82, 2.24) is 14.7 Å². The molecule has 1 aromatic carbocycles. The molecule has 2 heterocycles. The van der Waals surface area contributed by atoms with Crippen LogP contribution in [0.25, 0.3) is 0 Å². The van der Waals surface area contributed by atoms with Crippen LogP contribution in [0.15, 0.2) is 42.7 Å². The van der Waals surface area contributed by atoms with Crippen molar-refractivity contribution in [3.05, 3.63) is 48.3 Å². The van der Waals surface area contributed by atoms with E-state index in [0.29, 0.717) is 0 Å². The van der Waals surface area contributed by atoms with Crippen LogP contribution in [0.5, 0.6) is 0 Å². The van der Waals surface area contributed by atoms with Crippen molar-refractivity contribution in [1.29, 1.82) is 0 Å². The number of anilines is 1. The summed E-state index contributed by atoms with van der Waals surface area (Å²) in [4.78, 5) is 17.0. The van der Waals surface area contributed by atoms with E-state index >= 15 is 0 Å². The summed E-state index contributed by atoms with van der Waals surface area (Å²) in [6.07, 6.45) is 3.87. The summed E-state index contributed by atoms with van der Waals surface area (Å²) in [7, 11) is 1.91. The molecule has 1 fully saturated rings. The molecule has 6 nitrogen and oxygen atoms in total. The minimum atomic E-state index is -0.268. The molecule has 0 aliphatic carbocycles. The fourth-order valence-corrected chi connectivity index (χ4v) is 3.16. The molecule has 128 valence electrons. The van der Waals surface area contributed by atoms with Gasteiger partial charge in [-0.1, -0.05) is 37.3 Å². The van der Waals surface area contributed by atoms with Crippen LogP contribution >= 0.6 is 0 Å². The molecule has 2 unspecified atom stereocenters. The first kappa shape index (κ1) is 16.5. The molecule has 0 saturated carbocycles. The zero-order valence-corrected chi connectivity index (χ0v) is 14.3. The molecule has 2 N–H and O–H groups in total. The van der Waals surface area contributed by atoms with E-state index in [1.54, 1.807) is 4.68 Å². The number of rotatable bonds is 4. The van der Waals surface area contributed by atoms with E-state index in [0.717, 1.165) is 37.4 Å². The second-order valence-electron chi connectivity index (χ2n) is 6.41. The van der Waals surface area contributed by atoms with Gasteiger partial charge in [0.25, 0.3) is 0 Å². The number of carbonyl (C=O) groups excluding carboxylic acids is 1. The Balaban J connectivity index is 1.58. The number of piperazine rings is 1. The Morgan fingerprint density at radius 2 is 1.83 bits per heavy atom. The Labute approximate surface area is 142 Å². The van der Waals surface area contributed by atoms with E-state index < -0.39 is 0 Å². The Hall–Kier alpha value is -2.34. The van der Waals surface area contributed by atoms with Crippen molar-refractivity contribution < 1.29 is 4.79 Å². The lowest BCUT2D eigenvalue weighted by atomic mass is 9.94. The van der Waals surface area contributed by atoms with Crippen LogP contribution in [-0.2, 0) is 11.8 Å². The average molecular weight is 327 g/mol. The molecular weight excluding hydrogens is 302 g/mol. The largest absolute Gasteiger partial charge is 0.365 e. The third kappa shape index (κ3) is 3.43. The van der Waals surface area contributed by atoms with Gasteiger partial charge in [-0.2, -0.15) is 5.10 Å². The molecule has 1 aliphatic heterocycles. The van der Waals surface area contributed by atoms with Crippen LogP contribution in [0, 0.1) is 5.92 Å². The van der Waals surface area contributed by atoms with Crippen LogP contribution in [0.4, 0.5) is 5.69 Å². The molecule has 0 bridgehead atoms. The summed E-state index contributed by atoms with van der Waals surface area (Å²) >= 11 is 0. The van der Waals surface area contributed by atoms with Crippen molar-refractivity contribution >= 4 is 11.6 Å². The van der Waals surface area contributed by atoms with Gasteiger partial charge >= 0.3 is 0 Å². The zero-order valence-electron chi connectivity index (χ0n) is 14.3. The van der Waals surface area contributed by atoms with Gasteiger partial charge in [0.2, 0.25) is 5.91 Å². The second kappa shape index (κ2) is 7.05. The Bertz CT molecular complexity index is 676. The zero-order chi connectivity index (χ0) is 17.1. The van der Waals surface area contributed by atoms with Crippen molar-refractivity contribution in [3.8, 4) is 0 Å². The topological polar surface area (TPSA) is 67.4 Å². The molecule has 2 aromatic rings. The molecule has 1 amide bonds. The van der Waals surface area contributed by atoms with Gasteiger partial charge in [0.15, 0.2) is 0 Å². The van der Waals surface area contributed by atoms with E-state index in [1.807, 2.05) is 61.6 Å². The van der Waals surface area contributed by atoms with Crippen LogP contribution in [0.3, 0.4) is 0 Å². The predicted molar refractivity (Wildman–Crippen MR) is 94.5 cm³/mol. The summed E-state index contributed by atoms with van der Waals surface area (Å²) in [5.41, 5.74) is 8.41. The van der Waals surface area contributed by atoms with Gasteiger partial charge < -0.3 is 15.5 Å². The summed E-state index contributed by atoms with van der Waals surface area (Å²) in [5.74, 6) is -0.0884. The number of amides is 1. The number of nitrogens with zero attached hydrogens (tertiary/aromatic N) is 4. The predicted octanol–water partition coefficient (Wildman–Crippen LogP) is 1.40. The lowest BCUT2D eigenvalue weighted by molar-refractivity contribution is -0.136. The van der Waals surface area contributed by atoms with Gasteiger partial charge in [0, 0.05) is 45.5 Å². The first-order valence-electron chi connectivity index (χ1n) is 8.39. The first-order valence-corrected chi connectivity index (χ1v) is 8.39. The molecule has 6 heteroatoms. The quantitative estimate of drug-likeness (QED) is 0.922. The summed E-state index contributed by atoms with van der Waals surface area (Å²) in [6.45, 7) is 5.02. The number of nitrogens with two attached hydrogens (primary N) is 1. The Kier molecular flexibility index (Phi) is 4.85. The van der Waals surface area contributed by atoms with Gasteiger partial charge in [-0.05, 0) is 5.56 Å². The fraction of sp³-hybridized carbons (Fsp3) is 0.444. The maximum atomic E-state index is 12.8. The lowest BCUT2D eigenvalue weighted by Crippen LogP contribution is -2.51. The van der Waals surface area contributed by atoms with E-state index in [-0.39, 0.29) is 17.9 Å². The molecule has 1 aliphatic rings. The molecule has 0 radical (unpaired) electrons. The third-order valence-corrected chi connectivity index (χ3v) is 4.76. The van der Waals surface area contributed by atoms with Crippen molar-refractivity contribution in [2.24, 2.45) is 18.7 Å². The molecule has 24 heavy (non-hydrogen) atoms. The lowest BCUT2D eigenvalue weighted by Gasteiger charge is -2.37. The number of carbonyl (C=O) groups is 1. The Morgan fingerprint density at radius 3 is 2.42 bits per heavy atom. The molecule has 0 spiro atoms. The molecule has 1 saturated heterocycles. The fourth-order valence-electron chi connectivity index (χ4n) is 3.16. The molecular formula is C18H25N5O. The summed E-state index contributed by atoms with van der Waals surface area (Å²) < 4.78 is 1.80. The number of aromatic nitrogens is 2. The normalized spacial score (nSPS) is 17.6. The number of hydrogen-bond acceptors (Lipinski definition) is 4. The highest BCUT2D eigenvalue weighted by molar-refractivity contribution is 5.79. The monoisotopic (exact) mass is 327 g/mol. The summed E-state index contributed by atoms with van der Waals surface area (Å²) in [5, 5.41) is 4.21. The van der Waals surface area contributed by atoms with E-state index in [9.17, 15) is 4.79 Å². The van der Waals surface area contributed by atoms with Crippen molar-refractivity contribution in [3.63, 3.8) is 0 Å². The number of aryl methyl sites for hydroxylation is 1. The van der Waals surface area contributed by atoms with E-state index in [1.165, 1.54) is 0 Å². The van der Waals surface area contributed by atoms with Gasteiger partial charge in [-0.25, -0.2) is 0 Å². The van der Waals surface area contributed by atoms with Gasteiger partial charge in [-0.3, -0.25) is 9.48 Å². The number of benzene rings is 1. The molecule has 3 rings (SSSR count). The van der Waals surface area contributed by atoms with Crippen molar-refractivity contribution in [2.45, 2.75) is 13.0 Å². The minimum absolute atomic E-state index is 0.136. The third-order valence-electron chi connectivity index (χ3n) is 4.76. The maximum Gasteiger partial charge on any atom is 0.227 e. The van der Waals surface area contributed by atoms with Gasteiger partial charge in [0.1, 0.15) is 0 Å². The van der Waals surface area contributed by atoms with Crippen LogP contribution in [0.1, 0.15) is 18.5 Å². The standard InChI is InChI=1S/C18H25N5O/c1-14(17(19)15-6-4-3-5-7-15)18(24)23-10-8-22(9-11-23)16-12-20-21(2)13-16/h3-7,12-14,17H,8-11,19H2,1-2H3. The average Bonchev–Trinajstić information content (AvgIpc) is 3.07. The first-order chi connectivity index (χ1) is 11.6. The highest BCUT2D eigenvalue weighted by atomic mass is 16.2. The highest BCUT2D eigenvalue weighted by Crippen LogP contribution is 2.22. The van der Waals surface area contributed by atoms with E-state index in [4.69, 9.17) is 5.73 Å². The molecule has 2 atom stereocenters. The highest BCUT2D eigenvalue weighted by Gasteiger charge is 2.29. The van der Waals surface area contributed by atoms with E-state index in [2.05, 4.69) is 10.00 Å². The maximum absolute atomic E-state index is 12.8. The van der Waals surface area contributed by atoms with Crippen LogP contribution in [-0.4, -0.2) is 46.8 Å². The second-order valence-corrected chi connectivity index (χ2v) is 6.41. The number of hydrogen-bond donors (Lipinski definition) is 1. The van der Waals surface area contributed by atoms with Crippen LogP contribution < -0.4 is 10.6 Å².